The molecule has 8 nitrogen and oxygen atoms in total. The summed E-state index contributed by atoms with van der Waals surface area (Å²) < 4.78 is 12.1. The van der Waals surface area contributed by atoms with Crippen LogP contribution in [0.5, 0.6) is 11.5 Å². The van der Waals surface area contributed by atoms with Gasteiger partial charge >= 0.3 is 0 Å². The van der Waals surface area contributed by atoms with E-state index in [9.17, 15) is 4.79 Å². The van der Waals surface area contributed by atoms with Crippen molar-refractivity contribution in [3.63, 3.8) is 0 Å². The van der Waals surface area contributed by atoms with Crippen LogP contribution >= 0.6 is 0 Å². The second kappa shape index (κ2) is 8.11. The normalized spacial score (nSPS) is 11.0. The van der Waals surface area contributed by atoms with E-state index >= 15 is 0 Å². The third-order valence-corrected chi connectivity index (χ3v) is 3.80. The molecule has 8 heteroatoms. The van der Waals surface area contributed by atoms with Gasteiger partial charge in [-0.25, -0.2) is 10.1 Å². The zero-order valence-corrected chi connectivity index (χ0v) is 14.5. The predicted molar refractivity (Wildman–Crippen MR) is 97.4 cm³/mol. The fourth-order valence-corrected chi connectivity index (χ4v) is 2.46. The molecule has 0 bridgehead atoms. The first-order chi connectivity index (χ1) is 12.7. The minimum absolute atomic E-state index is 0.220. The average molecular weight is 353 g/mol. The number of aryl methyl sites for hydroxylation is 1. The summed E-state index contributed by atoms with van der Waals surface area (Å²) in [5.41, 5.74) is 4.90. The predicted octanol–water partition coefficient (Wildman–Crippen LogP) is 1.99. The van der Waals surface area contributed by atoms with Crippen molar-refractivity contribution >= 4 is 23.2 Å². The summed E-state index contributed by atoms with van der Waals surface area (Å²) in [5, 5.41) is 12.1. The van der Waals surface area contributed by atoms with Gasteiger partial charge in [-0.3, -0.25) is 4.79 Å². The molecule has 26 heavy (non-hydrogen) atoms. The van der Waals surface area contributed by atoms with Crippen molar-refractivity contribution in [1.29, 1.82) is 0 Å². The molecule has 0 atom stereocenters. The number of fused-ring (bicyclic) bond motifs is 1. The van der Waals surface area contributed by atoms with Crippen LogP contribution in [0.3, 0.4) is 0 Å². The van der Waals surface area contributed by atoms with Crippen molar-refractivity contribution in [1.82, 2.24) is 20.4 Å². The van der Waals surface area contributed by atoms with Crippen molar-refractivity contribution in [2.75, 3.05) is 14.2 Å². The molecule has 1 aromatic heterocycles. The lowest BCUT2D eigenvalue weighted by molar-refractivity contribution is -0.121. The maximum Gasteiger partial charge on any atom is 0.241 e. The number of carbonyl (C=O) groups excluding carboxylic acids is 1. The number of ether oxygens (including phenoxy) is 2. The van der Waals surface area contributed by atoms with E-state index in [0.717, 1.165) is 11.0 Å². The molecule has 0 fully saturated rings. The Labute approximate surface area is 150 Å². The number of aromatic nitrogens is 3. The van der Waals surface area contributed by atoms with Crippen molar-refractivity contribution in [2.24, 2.45) is 5.10 Å². The molecule has 0 unspecified atom stereocenters. The van der Waals surface area contributed by atoms with E-state index in [1.54, 1.807) is 37.1 Å². The standard InChI is InChI=1S/C18H19N5O3/c1-25-14-7-8-17(26-2)13(11-14)12-19-21-18(24)9-10-23-16-6-4-3-5-15(16)20-22-23/h3-8,11-12H,9-10H2,1-2H3,(H,21,24)/b19-12+. The monoisotopic (exact) mass is 353 g/mol. The summed E-state index contributed by atoms with van der Waals surface area (Å²) in [5.74, 6) is 1.09. The molecule has 0 saturated heterocycles. The van der Waals surface area contributed by atoms with E-state index < -0.39 is 0 Å². The van der Waals surface area contributed by atoms with E-state index in [4.69, 9.17) is 9.47 Å². The highest BCUT2D eigenvalue weighted by Crippen LogP contribution is 2.22. The number of rotatable bonds is 7. The second-order valence-electron chi connectivity index (χ2n) is 5.45. The number of hydrogen-bond donors (Lipinski definition) is 1. The molecular formula is C18H19N5O3. The Hall–Kier alpha value is -3.42. The quantitative estimate of drug-likeness (QED) is 0.518. The van der Waals surface area contributed by atoms with Crippen molar-refractivity contribution in [3.05, 3.63) is 48.0 Å². The summed E-state index contributed by atoms with van der Waals surface area (Å²) in [6.45, 7) is 0.421. The number of nitrogens with zero attached hydrogens (tertiary/aromatic N) is 4. The van der Waals surface area contributed by atoms with Gasteiger partial charge in [0.1, 0.15) is 17.0 Å². The molecule has 0 saturated carbocycles. The molecule has 2 aromatic carbocycles. The maximum absolute atomic E-state index is 12.0. The van der Waals surface area contributed by atoms with Crippen molar-refractivity contribution < 1.29 is 14.3 Å². The van der Waals surface area contributed by atoms with E-state index in [-0.39, 0.29) is 12.3 Å². The Kier molecular flexibility index (Phi) is 5.43. The third-order valence-electron chi connectivity index (χ3n) is 3.80. The molecule has 3 aromatic rings. The molecular weight excluding hydrogens is 334 g/mol. The number of carbonyl (C=O) groups is 1. The third kappa shape index (κ3) is 3.97. The summed E-state index contributed by atoms with van der Waals surface area (Å²) >= 11 is 0. The first-order valence-electron chi connectivity index (χ1n) is 8.03. The highest BCUT2D eigenvalue weighted by molar-refractivity contribution is 5.86. The summed E-state index contributed by atoms with van der Waals surface area (Å²) in [4.78, 5) is 12.0. The van der Waals surface area contributed by atoms with E-state index in [0.29, 0.717) is 23.6 Å². The van der Waals surface area contributed by atoms with Gasteiger partial charge in [-0.1, -0.05) is 17.3 Å². The molecule has 0 radical (unpaired) electrons. The SMILES string of the molecule is COc1ccc(OC)c(/C=N/NC(=O)CCn2nnc3ccccc32)c1. The number of benzene rings is 2. The van der Waals surface area contributed by atoms with Gasteiger partial charge in [0, 0.05) is 12.0 Å². The first-order valence-corrected chi connectivity index (χ1v) is 8.03. The van der Waals surface area contributed by atoms with Crippen LogP contribution in [0.2, 0.25) is 0 Å². The fourth-order valence-electron chi connectivity index (χ4n) is 2.46. The largest absolute Gasteiger partial charge is 0.497 e. The van der Waals surface area contributed by atoms with E-state index in [1.807, 2.05) is 24.3 Å². The molecule has 1 N–H and O–H groups in total. The highest BCUT2D eigenvalue weighted by Gasteiger charge is 2.06. The van der Waals surface area contributed by atoms with Crippen LogP contribution in [-0.2, 0) is 11.3 Å². The molecule has 134 valence electrons. The van der Waals surface area contributed by atoms with Gasteiger partial charge in [0.2, 0.25) is 5.91 Å². The summed E-state index contributed by atoms with van der Waals surface area (Å²) in [7, 11) is 3.15. The van der Waals surface area contributed by atoms with Crippen molar-refractivity contribution in [3.8, 4) is 11.5 Å². The van der Waals surface area contributed by atoms with Gasteiger partial charge in [0.25, 0.3) is 0 Å². The Morgan fingerprint density at radius 2 is 2.08 bits per heavy atom. The van der Waals surface area contributed by atoms with Gasteiger partial charge in [-0.15, -0.1) is 5.10 Å². The molecule has 0 aliphatic rings. The highest BCUT2D eigenvalue weighted by atomic mass is 16.5. The number of para-hydroxylation sites is 1. The van der Waals surface area contributed by atoms with Gasteiger partial charge in [0.15, 0.2) is 0 Å². The molecule has 0 aliphatic heterocycles. The van der Waals surface area contributed by atoms with Crippen LogP contribution < -0.4 is 14.9 Å². The molecule has 0 aliphatic carbocycles. The molecule has 1 heterocycles. The average Bonchev–Trinajstić information content (AvgIpc) is 3.09. The number of amides is 1. The Morgan fingerprint density at radius 3 is 2.88 bits per heavy atom. The summed E-state index contributed by atoms with van der Waals surface area (Å²) in [6, 6.07) is 12.9. The Balaban J connectivity index is 1.58. The number of hydrazone groups is 1. The number of hydrogen-bond acceptors (Lipinski definition) is 6. The molecule has 3 rings (SSSR count). The minimum Gasteiger partial charge on any atom is -0.497 e. The van der Waals surface area contributed by atoms with Gasteiger partial charge < -0.3 is 9.47 Å². The lowest BCUT2D eigenvalue weighted by Gasteiger charge is -2.06. The second-order valence-corrected chi connectivity index (χ2v) is 5.45. The van der Waals surface area contributed by atoms with Crippen LogP contribution in [0.1, 0.15) is 12.0 Å². The van der Waals surface area contributed by atoms with Crippen LogP contribution in [0, 0.1) is 0 Å². The lowest BCUT2D eigenvalue weighted by Crippen LogP contribution is -2.19. The van der Waals surface area contributed by atoms with Crippen LogP contribution in [0.25, 0.3) is 11.0 Å². The number of nitrogens with one attached hydrogen (secondary N) is 1. The lowest BCUT2D eigenvalue weighted by atomic mass is 10.2. The summed E-state index contributed by atoms with van der Waals surface area (Å²) in [6.07, 6.45) is 1.75. The topological polar surface area (TPSA) is 90.6 Å². The van der Waals surface area contributed by atoms with E-state index in [1.165, 1.54) is 6.21 Å². The Bertz CT molecular complexity index is 935. The molecule has 0 spiro atoms. The van der Waals surface area contributed by atoms with E-state index in [2.05, 4.69) is 20.8 Å². The molecule has 1 amide bonds. The first kappa shape index (κ1) is 17.4. The maximum atomic E-state index is 12.0. The van der Waals surface area contributed by atoms with Gasteiger partial charge in [0.05, 0.1) is 32.5 Å². The smallest absolute Gasteiger partial charge is 0.241 e. The van der Waals surface area contributed by atoms with Gasteiger partial charge in [-0.05, 0) is 30.3 Å². The number of methoxy groups -OCH3 is 2. The zero-order valence-electron chi connectivity index (χ0n) is 14.5. The van der Waals surface area contributed by atoms with Gasteiger partial charge in [-0.2, -0.15) is 5.10 Å². The fraction of sp³-hybridized carbons (Fsp3) is 0.222. The van der Waals surface area contributed by atoms with Crippen LogP contribution in [0.15, 0.2) is 47.6 Å². The zero-order chi connectivity index (χ0) is 18.4. The van der Waals surface area contributed by atoms with Crippen molar-refractivity contribution in [2.45, 2.75) is 13.0 Å². The van der Waals surface area contributed by atoms with Crippen LogP contribution in [-0.4, -0.2) is 41.3 Å². The van der Waals surface area contributed by atoms with Crippen LogP contribution in [0.4, 0.5) is 0 Å². The minimum atomic E-state index is -0.220. The Morgan fingerprint density at radius 1 is 1.23 bits per heavy atom.